The smallest absolute Gasteiger partial charge is 0.254 e. The summed E-state index contributed by atoms with van der Waals surface area (Å²) < 4.78 is 15.1. The molecule has 4 rings (SSSR count). The third kappa shape index (κ3) is 4.44. The Labute approximate surface area is 189 Å². The second-order valence-electron chi connectivity index (χ2n) is 7.78. The Morgan fingerprint density at radius 3 is 1.56 bits per heavy atom. The van der Waals surface area contributed by atoms with Crippen LogP contribution in [0.2, 0.25) is 0 Å². The van der Waals surface area contributed by atoms with E-state index < -0.39 is 12.9 Å². The summed E-state index contributed by atoms with van der Waals surface area (Å²) in [5.74, 6) is -0.680. The summed E-state index contributed by atoms with van der Waals surface area (Å²) in [6.45, 7) is 0. The maximum absolute atomic E-state index is 15.1. The van der Waals surface area contributed by atoms with Gasteiger partial charge in [-0.25, -0.2) is 0 Å². The van der Waals surface area contributed by atoms with E-state index in [0.29, 0.717) is 12.0 Å². The van der Waals surface area contributed by atoms with Crippen LogP contribution in [0.25, 0.3) is 0 Å². The maximum Gasteiger partial charge on any atom is 0.254 e. The predicted molar refractivity (Wildman–Crippen MR) is 132 cm³/mol. The first-order chi connectivity index (χ1) is 15.6. The Morgan fingerprint density at radius 1 is 0.688 bits per heavy atom. The minimum atomic E-state index is -3.23. The molecule has 4 aromatic rings. The summed E-state index contributed by atoms with van der Waals surface area (Å²) >= 11 is 0. The number of amides is 1. The van der Waals surface area contributed by atoms with Crippen LogP contribution in [0.3, 0.4) is 0 Å². The zero-order valence-electron chi connectivity index (χ0n) is 18.0. The van der Waals surface area contributed by atoms with Crippen LogP contribution < -0.4 is 10.6 Å². The van der Waals surface area contributed by atoms with Gasteiger partial charge in [-0.15, -0.1) is 0 Å². The molecule has 0 spiro atoms. The fourth-order valence-corrected chi connectivity index (χ4v) is 7.32. The average molecular weight is 439 g/mol. The van der Waals surface area contributed by atoms with Crippen molar-refractivity contribution in [1.82, 2.24) is 4.90 Å². The fraction of sp³-hybridized carbons (Fsp3) is 0.107. The van der Waals surface area contributed by atoms with Crippen molar-refractivity contribution in [3.63, 3.8) is 0 Å². The molecule has 160 valence electrons. The molecule has 0 aliphatic rings. The highest BCUT2D eigenvalue weighted by molar-refractivity contribution is 7.79. The number of likely N-dealkylation sites (N-methyl/N-ethyl adjacent to an activating group) is 1. The summed E-state index contributed by atoms with van der Waals surface area (Å²) in [6, 6.07) is 38.2. The molecule has 0 aromatic heterocycles. The van der Waals surface area contributed by atoms with Crippen LogP contribution >= 0.6 is 7.14 Å². The highest BCUT2D eigenvalue weighted by Crippen LogP contribution is 2.51. The van der Waals surface area contributed by atoms with Crippen molar-refractivity contribution in [2.75, 3.05) is 7.05 Å². The van der Waals surface area contributed by atoms with Crippen LogP contribution in [-0.4, -0.2) is 23.6 Å². The van der Waals surface area contributed by atoms with Crippen LogP contribution in [0.4, 0.5) is 0 Å². The van der Waals surface area contributed by atoms with Gasteiger partial charge in [0.1, 0.15) is 0 Å². The molecule has 0 unspecified atom stereocenters. The molecular formula is C28H26NO2P. The van der Waals surface area contributed by atoms with Gasteiger partial charge in [0.2, 0.25) is 0 Å². The molecule has 0 aliphatic carbocycles. The van der Waals surface area contributed by atoms with Crippen molar-refractivity contribution in [1.29, 1.82) is 0 Å². The van der Waals surface area contributed by atoms with Crippen molar-refractivity contribution in [2.24, 2.45) is 0 Å². The van der Waals surface area contributed by atoms with E-state index in [4.69, 9.17) is 0 Å². The normalized spacial score (nSPS) is 12.2. The van der Waals surface area contributed by atoms with E-state index in [-0.39, 0.29) is 5.91 Å². The lowest BCUT2D eigenvalue weighted by Crippen LogP contribution is -2.43. The largest absolute Gasteiger partial charge is 0.331 e. The molecule has 0 radical (unpaired) electrons. The molecule has 0 aliphatic heterocycles. The van der Waals surface area contributed by atoms with Gasteiger partial charge in [0.05, 0.1) is 5.78 Å². The first-order valence-corrected chi connectivity index (χ1v) is 12.5. The van der Waals surface area contributed by atoms with Gasteiger partial charge in [-0.3, -0.25) is 4.79 Å². The van der Waals surface area contributed by atoms with Crippen LogP contribution in [-0.2, 0) is 11.0 Å². The van der Waals surface area contributed by atoms with E-state index >= 15 is 4.57 Å². The summed E-state index contributed by atoms with van der Waals surface area (Å²) in [5.41, 5.74) is 1.62. The third-order valence-corrected chi connectivity index (χ3v) is 9.25. The average Bonchev–Trinajstić information content (AvgIpc) is 2.88. The molecule has 0 saturated heterocycles. The molecule has 32 heavy (non-hydrogen) atoms. The number of hydrogen-bond donors (Lipinski definition) is 0. The minimum Gasteiger partial charge on any atom is -0.331 e. The molecule has 4 heteroatoms. The summed E-state index contributed by atoms with van der Waals surface area (Å²) in [4.78, 5) is 15.2. The van der Waals surface area contributed by atoms with Gasteiger partial charge in [-0.1, -0.05) is 109 Å². The van der Waals surface area contributed by atoms with E-state index in [9.17, 15) is 4.79 Å². The number of carbonyl (C=O) groups excluding carboxylic acids is 1. The van der Waals surface area contributed by atoms with E-state index in [2.05, 4.69) is 0 Å². The van der Waals surface area contributed by atoms with Crippen LogP contribution in [0.15, 0.2) is 121 Å². The Balaban J connectivity index is 1.88. The molecule has 1 atom stereocenters. The van der Waals surface area contributed by atoms with Gasteiger partial charge in [-0.05, 0) is 17.7 Å². The second-order valence-corrected chi connectivity index (χ2v) is 10.7. The Bertz CT molecular complexity index is 1150. The Kier molecular flexibility index (Phi) is 6.68. The van der Waals surface area contributed by atoms with Gasteiger partial charge in [0, 0.05) is 29.6 Å². The summed E-state index contributed by atoms with van der Waals surface area (Å²) in [5, 5.41) is 1.50. The molecule has 0 heterocycles. The zero-order valence-corrected chi connectivity index (χ0v) is 18.9. The van der Waals surface area contributed by atoms with Gasteiger partial charge in [0.25, 0.3) is 5.91 Å². The predicted octanol–water partition coefficient (Wildman–Crippen LogP) is 5.34. The number of benzene rings is 4. The van der Waals surface area contributed by atoms with Crippen LogP contribution in [0.1, 0.15) is 15.9 Å². The molecule has 0 bridgehead atoms. The second kappa shape index (κ2) is 9.80. The Hall–Kier alpha value is -3.42. The zero-order chi connectivity index (χ0) is 22.4. The van der Waals surface area contributed by atoms with Gasteiger partial charge >= 0.3 is 0 Å². The monoisotopic (exact) mass is 439 g/mol. The SMILES string of the molecule is CN(C(=O)c1ccccc1)[C@H](Cc1ccccc1)P(=O)(c1ccccc1)c1ccccc1. The molecule has 0 N–H and O–H groups in total. The number of hydrogen-bond acceptors (Lipinski definition) is 2. The first-order valence-electron chi connectivity index (χ1n) is 10.7. The lowest BCUT2D eigenvalue weighted by molar-refractivity contribution is 0.0775. The first kappa shape index (κ1) is 21.8. The quantitative estimate of drug-likeness (QED) is 0.365. The highest BCUT2D eigenvalue weighted by atomic mass is 31.2. The lowest BCUT2D eigenvalue weighted by atomic mass is 10.1. The van der Waals surface area contributed by atoms with Gasteiger partial charge < -0.3 is 9.46 Å². The van der Waals surface area contributed by atoms with Gasteiger partial charge in [0.15, 0.2) is 7.14 Å². The van der Waals surface area contributed by atoms with Crippen molar-refractivity contribution in [3.8, 4) is 0 Å². The van der Waals surface area contributed by atoms with E-state index in [0.717, 1.165) is 16.2 Å². The molecular weight excluding hydrogens is 413 g/mol. The van der Waals surface area contributed by atoms with Crippen molar-refractivity contribution in [3.05, 3.63) is 132 Å². The summed E-state index contributed by atoms with van der Waals surface area (Å²) in [7, 11) is -1.46. The van der Waals surface area contributed by atoms with Crippen molar-refractivity contribution in [2.45, 2.75) is 12.2 Å². The maximum atomic E-state index is 15.1. The number of carbonyl (C=O) groups is 1. The molecule has 3 nitrogen and oxygen atoms in total. The molecule has 4 aromatic carbocycles. The van der Waals surface area contributed by atoms with E-state index in [1.165, 1.54) is 0 Å². The van der Waals surface area contributed by atoms with Gasteiger partial charge in [-0.2, -0.15) is 0 Å². The fourth-order valence-electron chi connectivity index (χ4n) is 4.05. The minimum absolute atomic E-state index is 0.140. The van der Waals surface area contributed by atoms with Crippen LogP contribution in [0, 0.1) is 0 Å². The Morgan fingerprint density at radius 2 is 1.09 bits per heavy atom. The topological polar surface area (TPSA) is 37.4 Å². The highest BCUT2D eigenvalue weighted by Gasteiger charge is 2.41. The summed E-state index contributed by atoms with van der Waals surface area (Å²) in [6.07, 6.45) is 0.483. The molecule has 1 amide bonds. The third-order valence-electron chi connectivity index (χ3n) is 5.75. The van der Waals surface area contributed by atoms with Crippen molar-refractivity contribution >= 4 is 23.7 Å². The standard InChI is InChI=1S/C28H26NO2P/c1-29(28(30)24-16-8-3-9-17-24)27(22-23-14-6-2-7-15-23)32(31,25-18-10-4-11-19-25)26-20-12-5-13-21-26/h2-21,27H,22H2,1H3/t27-/m0/s1. The lowest BCUT2D eigenvalue weighted by Gasteiger charge is -2.36. The number of rotatable bonds is 7. The molecule has 0 saturated carbocycles. The molecule has 0 fully saturated rings. The van der Waals surface area contributed by atoms with E-state index in [1.54, 1.807) is 24.1 Å². The van der Waals surface area contributed by atoms with Crippen LogP contribution in [0.5, 0.6) is 0 Å². The van der Waals surface area contributed by atoms with Crippen molar-refractivity contribution < 1.29 is 9.36 Å². The van der Waals surface area contributed by atoms with E-state index in [1.807, 2.05) is 109 Å². The number of nitrogens with zero attached hydrogens (tertiary/aromatic N) is 1.